The Morgan fingerprint density at radius 2 is 1.84 bits per heavy atom. The molecule has 3 heterocycles. The fraction of sp³-hybridized carbons (Fsp3) is 0.640. The molecule has 1 aliphatic carbocycles. The van der Waals surface area contributed by atoms with Crippen molar-refractivity contribution in [3.63, 3.8) is 0 Å². The van der Waals surface area contributed by atoms with E-state index < -0.39 is 5.54 Å². The molecule has 0 aromatic heterocycles. The summed E-state index contributed by atoms with van der Waals surface area (Å²) in [5.74, 6) is 0.735. The highest BCUT2D eigenvalue weighted by Crippen LogP contribution is 2.40. The zero-order chi connectivity index (χ0) is 22.3. The van der Waals surface area contributed by atoms with E-state index in [9.17, 15) is 14.4 Å². The Labute approximate surface area is 190 Å². The van der Waals surface area contributed by atoms with Crippen LogP contribution in [0.3, 0.4) is 0 Å². The number of benzene rings is 1. The lowest BCUT2D eigenvalue weighted by molar-refractivity contribution is -0.140. The van der Waals surface area contributed by atoms with Crippen molar-refractivity contribution in [1.29, 1.82) is 0 Å². The molecule has 1 N–H and O–H groups in total. The number of carbonyl (C=O) groups excluding carboxylic acids is 3. The van der Waals surface area contributed by atoms with Gasteiger partial charge < -0.3 is 15.1 Å². The van der Waals surface area contributed by atoms with Gasteiger partial charge in [-0.1, -0.05) is 37.3 Å². The maximum absolute atomic E-state index is 13.5. The van der Waals surface area contributed by atoms with Crippen LogP contribution in [0.1, 0.15) is 44.6 Å². The molecule has 1 spiro atoms. The maximum atomic E-state index is 13.5. The summed E-state index contributed by atoms with van der Waals surface area (Å²) in [5.41, 5.74) is 0.554. The first-order valence-corrected chi connectivity index (χ1v) is 12.2. The molecule has 172 valence electrons. The number of carbonyl (C=O) groups is 3. The second kappa shape index (κ2) is 8.50. The van der Waals surface area contributed by atoms with Crippen LogP contribution < -0.4 is 5.32 Å². The number of piperidine rings is 2. The second-order valence-corrected chi connectivity index (χ2v) is 10.2. The van der Waals surface area contributed by atoms with Gasteiger partial charge in [-0.3, -0.25) is 14.5 Å². The van der Waals surface area contributed by atoms with Crippen molar-refractivity contribution < 1.29 is 14.4 Å². The predicted octanol–water partition coefficient (Wildman–Crippen LogP) is 2.26. The number of nitrogens with zero attached hydrogens (tertiary/aromatic N) is 3. The van der Waals surface area contributed by atoms with Crippen LogP contribution in [0.5, 0.6) is 0 Å². The molecule has 1 aromatic rings. The molecule has 1 saturated carbocycles. The summed E-state index contributed by atoms with van der Waals surface area (Å²) in [6, 6.07) is 9.97. The van der Waals surface area contributed by atoms with Gasteiger partial charge in [-0.25, -0.2) is 4.79 Å². The largest absolute Gasteiger partial charge is 0.340 e. The summed E-state index contributed by atoms with van der Waals surface area (Å²) < 4.78 is 0. The van der Waals surface area contributed by atoms with Gasteiger partial charge in [0.05, 0.1) is 6.04 Å². The molecular weight excluding hydrogens is 404 g/mol. The first-order chi connectivity index (χ1) is 15.5. The highest BCUT2D eigenvalue weighted by molar-refractivity contribution is 6.07. The highest BCUT2D eigenvalue weighted by atomic mass is 16.2. The Kier molecular flexibility index (Phi) is 5.70. The molecule has 3 aliphatic heterocycles. The van der Waals surface area contributed by atoms with Crippen molar-refractivity contribution in [2.24, 2.45) is 11.8 Å². The molecule has 7 nitrogen and oxygen atoms in total. The van der Waals surface area contributed by atoms with Crippen LogP contribution in [-0.2, 0) is 16.0 Å². The van der Waals surface area contributed by atoms with Crippen LogP contribution in [0.2, 0.25) is 0 Å². The average Bonchev–Trinajstić information content (AvgIpc) is 3.49. The molecule has 0 unspecified atom stereocenters. The predicted molar refractivity (Wildman–Crippen MR) is 121 cm³/mol. The maximum Gasteiger partial charge on any atom is 0.325 e. The van der Waals surface area contributed by atoms with E-state index in [-0.39, 0.29) is 29.8 Å². The Bertz CT molecular complexity index is 880. The molecule has 0 bridgehead atoms. The van der Waals surface area contributed by atoms with E-state index in [2.05, 4.69) is 41.4 Å². The van der Waals surface area contributed by atoms with Crippen molar-refractivity contribution >= 4 is 17.8 Å². The van der Waals surface area contributed by atoms with Gasteiger partial charge in [-0.05, 0) is 50.0 Å². The number of urea groups is 1. The van der Waals surface area contributed by atoms with Gasteiger partial charge in [-0.15, -0.1) is 0 Å². The summed E-state index contributed by atoms with van der Waals surface area (Å²) >= 11 is 0. The van der Waals surface area contributed by atoms with Crippen LogP contribution >= 0.6 is 0 Å². The molecule has 7 heteroatoms. The summed E-state index contributed by atoms with van der Waals surface area (Å²) in [7, 11) is 0. The topological polar surface area (TPSA) is 73.0 Å². The quantitative estimate of drug-likeness (QED) is 0.716. The first-order valence-electron chi connectivity index (χ1n) is 12.2. The molecule has 32 heavy (non-hydrogen) atoms. The van der Waals surface area contributed by atoms with E-state index in [1.807, 2.05) is 11.0 Å². The summed E-state index contributed by atoms with van der Waals surface area (Å²) in [6.45, 7) is 5.91. The van der Waals surface area contributed by atoms with Gasteiger partial charge in [0.2, 0.25) is 5.91 Å². The lowest BCUT2D eigenvalue weighted by Gasteiger charge is -2.39. The third-order valence-corrected chi connectivity index (χ3v) is 7.96. The first kappa shape index (κ1) is 21.4. The minimum Gasteiger partial charge on any atom is -0.340 e. The monoisotopic (exact) mass is 438 g/mol. The standard InChI is InChI=1S/C25H34N4O3/c1-18-16-21(18)22(30)28-12-5-8-20(17-28)29-23(31)25(26-24(29)32)10-14-27(15-11-25)13-9-19-6-3-2-4-7-19/h2-4,6-7,18,20-21H,5,8-17H2,1H3,(H,26,32)/t18-,20-,21+/m1/s1. The molecule has 1 aromatic carbocycles. The van der Waals surface area contributed by atoms with Crippen molar-refractivity contribution in [2.45, 2.75) is 57.0 Å². The SMILES string of the molecule is C[C@@H]1C[C@@H]1C(=O)N1CCC[C@@H](N2C(=O)NC3(CCN(CCc4ccccc4)CC3)C2=O)C1. The van der Waals surface area contributed by atoms with Crippen molar-refractivity contribution in [2.75, 3.05) is 32.7 Å². The fourth-order valence-electron chi connectivity index (χ4n) is 5.67. The zero-order valence-corrected chi connectivity index (χ0v) is 19.0. The van der Waals surface area contributed by atoms with Gasteiger partial charge >= 0.3 is 6.03 Å². The summed E-state index contributed by atoms with van der Waals surface area (Å²) in [4.78, 5) is 44.8. The van der Waals surface area contributed by atoms with E-state index >= 15 is 0 Å². The number of amides is 4. The Balaban J connectivity index is 1.18. The van der Waals surface area contributed by atoms with Crippen molar-refractivity contribution in [3.8, 4) is 0 Å². The number of hydrogen-bond donors (Lipinski definition) is 1. The van der Waals surface area contributed by atoms with Gasteiger partial charge in [0.15, 0.2) is 0 Å². The molecule has 4 amide bonds. The van der Waals surface area contributed by atoms with E-state index in [0.717, 1.165) is 51.9 Å². The fourth-order valence-corrected chi connectivity index (χ4v) is 5.67. The second-order valence-electron chi connectivity index (χ2n) is 10.2. The third kappa shape index (κ3) is 4.03. The molecular formula is C25H34N4O3. The number of imide groups is 1. The average molecular weight is 439 g/mol. The lowest BCUT2D eigenvalue weighted by atomic mass is 9.87. The Hall–Kier alpha value is -2.41. The Morgan fingerprint density at radius 3 is 2.53 bits per heavy atom. The molecule has 4 fully saturated rings. The van der Waals surface area contributed by atoms with Gasteiger partial charge in [0.1, 0.15) is 5.54 Å². The van der Waals surface area contributed by atoms with Gasteiger partial charge in [0, 0.05) is 38.6 Å². The normalized spacial score (nSPS) is 30.0. The molecule has 4 aliphatic rings. The smallest absolute Gasteiger partial charge is 0.325 e. The number of likely N-dealkylation sites (tertiary alicyclic amines) is 2. The summed E-state index contributed by atoms with van der Waals surface area (Å²) in [5, 5.41) is 3.05. The van der Waals surface area contributed by atoms with E-state index in [1.165, 1.54) is 10.5 Å². The molecule has 3 saturated heterocycles. The van der Waals surface area contributed by atoms with Crippen LogP contribution in [0.15, 0.2) is 30.3 Å². The molecule has 5 rings (SSSR count). The summed E-state index contributed by atoms with van der Waals surface area (Å²) in [6.07, 6.45) is 4.88. The van der Waals surface area contributed by atoms with Crippen LogP contribution in [0.4, 0.5) is 4.79 Å². The minimum absolute atomic E-state index is 0.0794. The van der Waals surface area contributed by atoms with E-state index in [1.54, 1.807) is 0 Å². The van der Waals surface area contributed by atoms with E-state index in [4.69, 9.17) is 0 Å². The van der Waals surface area contributed by atoms with Crippen molar-refractivity contribution in [3.05, 3.63) is 35.9 Å². The number of hydrogen-bond acceptors (Lipinski definition) is 4. The Morgan fingerprint density at radius 1 is 1.12 bits per heavy atom. The van der Waals surface area contributed by atoms with Crippen molar-refractivity contribution in [1.82, 2.24) is 20.0 Å². The molecule has 0 radical (unpaired) electrons. The van der Waals surface area contributed by atoms with Gasteiger partial charge in [-0.2, -0.15) is 0 Å². The van der Waals surface area contributed by atoms with E-state index in [0.29, 0.717) is 25.3 Å². The minimum atomic E-state index is -0.766. The van der Waals surface area contributed by atoms with Crippen LogP contribution in [0.25, 0.3) is 0 Å². The molecule has 3 atom stereocenters. The third-order valence-electron chi connectivity index (χ3n) is 7.96. The highest BCUT2D eigenvalue weighted by Gasteiger charge is 2.54. The van der Waals surface area contributed by atoms with Crippen LogP contribution in [0, 0.1) is 11.8 Å². The lowest BCUT2D eigenvalue weighted by Crippen LogP contribution is -2.56. The van der Waals surface area contributed by atoms with Gasteiger partial charge in [0.25, 0.3) is 5.91 Å². The number of rotatable bonds is 5. The zero-order valence-electron chi connectivity index (χ0n) is 19.0. The number of nitrogens with one attached hydrogen (secondary N) is 1. The van der Waals surface area contributed by atoms with Crippen LogP contribution in [-0.4, -0.2) is 76.8 Å².